The lowest BCUT2D eigenvalue weighted by Gasteiger charge is -2.41. The van der Waals surface area contributed by atoms with Crippen molar-refractivity contribution in [2.75, 3.05) is 14.1 Å². The lowest BCUT2D eigenvalue weighted by atomic mass is 9.77. The van der Waals surface area contributed by atoms with Crippen LogP contribution in [0.1, 0.15) is 25.7 Å². The highest BCUT2D eigenvalue weighted by Crippen LogP contribution is 2.60. The van der Waals surface area contributed by atoms with Crippen LogP contribution in [0.25, 0.3) is 0 Å². The van der Waals surface area contributed by atoms with E-state index in [0.717, 1.165) is 17.8 Å². The van der Waals surface area contributed by atoms with Crippen LogP contribution < -0.4 is 0 Å². The fourth-order valence-electron chi connectivity index (χ4n) is 4.20. The van der Waals surface area contributed by atoms with Crippen LogP contribution in [0.5, 0.6) is 0 Å². The molecule has 0 aromatic heterocycles. The summed E-state index contributed by atoms with van der Waals surface area (Å²) >= 11 is 0. The van der Waals surface area contributed by atoms with Gasteiger partial charge in [-0.3, -0.25) is 0 Å². The van der Waals surface area contributed by atoms with Crippen molar-refractivity contribution in [3.63, 3.8) is 0 Å². The summed E-state index contributed by atoms with van der Waals surface area (Å²) < 4.78 is 0. The molecule has 4 unspecified atom stereocenters. The van der Waals surface area contributed by atoms with E-state index < -0.39 is 0 Å². The number of fused-ring (bicyclic) bond motifs is 5. The maximum atomic E-state index is 2.51. The van der Waals surface area contributed by atoms with Crippen LogP contribution in [-0.2, 0) is 0 Å². The van der Waals surface area contributed by atoms with E-state index >= 15 is 0 Å². The van der Waals surface area contributed by atoms with Crippen molar-refractivity contribution in [3.8, 4) is 0 Å². The Hall–Kier alpha value is -0.300. The summed E-state index contributed by atoms with van der Waals surface area (Å²) in [5, 5.41) is 0. The number of hydrogen-bond acceptors (Lipinski definition) is 1. The minimum atomic E-state index is 0.558. The fraction of sp³-hybridized carbons (Fsp3) is 0.833. The Morgan fingerprint density at radius 2 is 2.23 bits per heavy atom. The molecule has 3 aliphatic rings. The Labute approximate surface area is 80.8 Å². The second-order valence-electron chi connectivity index (χ2n) is 5.35. The largest absolute Gasteiger partial charge is 0.303 e. The first-order chi connectivity index (χ1) is 6.24. The zero-order chi connectivity index (χ0) is 9.05. The van der Waals surface area contributed by atoms with Crippen molar-refractivity contribution in [2.24, 2.45) is 17.8 Å². The first-order valence-corrected chi connectivity index (χ1v) is 5.58. The zero-order valence-corrected chi connectivity index (χ0v) is 8.66. The minimum absolute atomic E-state index is 0.558. The number of allylic oxidation sites excluding steroid dienone is 1. The van der Waals surface area contributed by atoms with Gasteiger partial charge in [-0.05, 0) is 57.5 Å². The number of hydrogen-bond donors (Lipinski definition) is 0. The molecule has 0 saturated heterocycles. The van der Waals surface area contributed by atoms with Gasteiger partial charge in [0.05, 0.1) is 0 Å². The van der Waals surface area contributed by atoms with Gasteiger partial charge in [-0.15, -0.1) is 0 Å². The van der Waals surface area contributed by atoms with Crippen molar-refractivity contribution < 1.29 is 0 Å². The number of rotatable bonds is 1. The molecule has 1 heteroatoms. The quantitative estimate of drug-likeness (QED) is 0.555. The zero-order valence-electron chi connectivity index (χ0n) is 8.66. The summed E-state index contributed by atoms with van der Waals surface area (Å²) in [7, 11) is 4.55. The Morgan fingerprint density at radius 1 is 1.38 bits per heavy atom. The molecule has 13 heavy (non-hydrogen) atoms. The van der Waals surface area contributed by atoms with E-state index in [1.807, 2.05) is 0 Å². The summed E-state index contributed by atoms with van der Waals surface area (Å²) in [6, 6.07) is 0. The van der Waals surface area contributed by atoms with Gasteiger partial charge in [0.15, 0.2) is 0 Å². The highest BCUT2D eigenvalue weighted by atomic mass is 15.2. The molecular formula is C12H19N. The maximum Gasteiger partial charge on any atom is 0.0271 e. The Morgan fingerprint density at radius 3 is 3.00 bits per heavy atom. The summed E-state index contributed by atoms with van der Waals surface area (Å²) in [6.45, 7) is 0. The van der Waals surface area contributed by atoms with Crippen LogP contribution >= 0.6 is 0 Å². The van der Waals surface area contributed by atoms with Crippen LogP contribution in [0.15, 0.2) is 12.2 Å². The van der Waals surface area contributed by atoms with Gasteiger partial charge in [0, 0.05) is 5.54 Å². The first kappa shape index (κ1) is 8.05. The Balaban J connectivity index is 2.00. The second kappa shape index (κ2) is 2.38. The smallest absolute Gasteiger partial charge is 0.0271 e. The summed E-state index contributed by atoms with van der Waals surface area (Å²) in [5.74, 6) is 2.94. The molecule has 2 saturated carbocycles. The molecule has 0 aliphatic heterocycles. The topological polar surface area (TPSA) is 3.24 Å². The molecule has 2 bridgehead atoms. The highest BCUT2D eigenvalue weighted by Gasteiger charge is 2.58. The molecule has 3 rings (SSSR count). The molecule has 2 fully saturated rings. The summed E-state index contributed by atoms with van der Waals surface area (Å²) in [4.78, 5) is 2.51. The lowest BCUT2D eigenvalue weighted by Crippen LogP contribution is -2.46. The molecule has 0 aromatic rings. The van der Waals surface area contributed by atoms with Crippen molar-refractivity contribution in [3.05, 3.63) is 12.2 Å². The van der Waals surface area contributed by atoms with E-state index in [4.69, 9.17) is 0 Å². The van der Waals surface area contributed by atoms with E-state index in [2.05, 4.69) is 31.1 Å². The Bertz CT molecular complexity index is 256. The maximum absolute atomic E-state index is 2.51. The number of nitrogens with zero attached hydrogens (tertiary/aromatic N) is 1. The molecule has 3 aliphatic carbocycles. The third-order valence-electron chi connectivity index (χ3n) is 4.89. The standard InChI is InChI=1S/C12H19N/c1-13(2)12-7-6-9(8-12)10-4-3-5-11(10)12/h3,5,9-11H,4,6-8H2,1-2H3. The molecule has 4 atom stereocenters. The van der Waals surface area contributed by atoms with Gasteiger partial charge < -0.3 is 4.90 Å². The van der Waals surface area contributed by atoms with Crippen molar-refractivity contribution in [1.29, 1.82) is 0 Å². The van der Waals surface area contributed by atoms with Gasteiger partial charge in [0.1, 0.15) is 0 Å². The van der Waals surface area contributed by atoms with Crippen LogP contribution in [0.4, 0.5) is 0 Å². The normalized spacial score (nSPS) is 52.1. The van der Waals surface area contributed by atoms with Gasteiger partial charge in [-0.1, -0.05) is 12.2 Å². The van der Waals surface area contributed by atoms with Crippen LogP contribution in [0, 0.1) is 17.8 Å². The van der Waals surface area contributed by atoms with E-state index in [9.17, 15) is 0 Å². The van der Waals surface area contributed by atoms with E-state index in [-0.39, 0.29) is 0 Å². The predicted molar refractivity (Wildman–Crippen MR) is 54.5 cm³/mol. The molecule has 0 spiro atoms. The van der Waals surface area contributed by atoms with Gasteiger partial charge in [0.25, 0.3) is 0 Å². The summed E-state index contributed by atoms with van der Waals surface area (Å²) in [6.07, 6.45) is 10.7. The monoisotopic (exact) mass is 177 g/mol. The van der Waals surface area contributed by atoms with Crippen molar-refractivity contribution >= 4 is 0 Å². The molecule has 0 N–H and O–H groups in total. The first-order valence-electron chi connectivity index (χ1n) is 5.58. The molecule has 0 radical (unpaired) electrons. The third kappa shape index (κ3) is 0.817. The molecule has 0 heterocycles. The van der Waals surface area contributed by atoms with Crippen LogP contribution in [0.2, 0.25) is 0 Å². The highest BCUT2D eigenvalue weighted by molar-refractivity contribution is 5.21. The fourth-order valence-corrected chi connectivity index (χ4v) is 4.20. The van der Waals surface area contributed by atoms with Gasteiger partial charge in [-0.25, -0.2) is 0 Å². The lowest BCUT2D eigenvalue weighted by molar-refractivity contribution is 0.104. The SMILES string of the molecule is CN(C)C12CCC(C1)C1CC=CC12. The Kier molecular flexibility index (Phi) is 1.48. The molecule has 0 aromatic carbocycles. The van der Waals surface area contributed by atoms with Gasteiger partial charge >= 0.3 is 0 Å². The average Bonchev–Trinajstić information content (AvgIpc) is 2.76. The molecule has 72 valence electrons. The molecular weight excluding hydrogens is 158 g/mol. The van der Waals surface area contributed by atoms with Gasteiger partial charge in [-0.2, -0.15) is 0 Å². The second-order valence-corrected chi connectivity index (χ2v) is 5.35. The van der Waals surface area contributed by atoms with E-state index in [1.54, 1.807) is 0 Å². The predicted octanol–water partition coefficient (Wildman–Crippen LogP) is 2.29. The van der Waals surface area contributed by atoms with E-state index in [0.29, 0.717) is 5.54 Å². The summed E-state index contributed by atoms with van der Waals surface area (Å²) in [5.41, 5.74) is 0.558. The third-order valence-corrected chi connectivity index (χ3v) is 4.89. The van der Waals surface area contributed by atoms with Gasteiger partial charge in [0.2, 0.25) is 0 Å². The van der Waals surface area contributed by atoms with Crippen LogP contribution in [-0.4, -0.2) is 24.5 Å². The minimum Gasteiger partial charge on any atom is -0.303 e. The van der Waals surface area contributed by atoms with E-state index in [1.165, 1.54) is 25.7 Å². The molecule has 1 nitrogen and oxygen atoms in total. The molecule has 0 amide bonds. The van der Waals surface area contributed by atoms with Crippen LogP contribution in [0.3, 0.4) is 0 Å². The van der Waals surface area contributed by atoms with Crippen molar-refractivity contribution in [2.45, 2.75) is 31.2 Å². The average molecular weight is 177 g/mol. The van der Waals surface area contributed by atoms with Crippen molar-refractivity contribution in [1.82, 2.24) is 4.90 Å².